The fourth-order valence-electron chi connectivity index (χ4n) is 3.53. The molecule has 0 radical (unpaired) electrons. The largest absolute Gasteiger partial charge is 0.508 e. The molecule has 2 aromatic rings. The maximum atomic E-state index is 12.8. The van der Waals surface area contributed by atoms with Crippen molar-refractivity contribution in [2.24, 2.45) is 0 Å². The number of nitrogens with one attached hydrogen (secondary N) is 1. The maximum absolute atomic E-state index is 12.8. The lowest BCUT2D eigenvalue weighted by molar-refractivity contribution is -0.137. The summed E-state index contributed by atoms with van der Waals surface area (Å²) in [5.74, 6) is -0.0216. The molecule has 1 fully saturated rings. The van der Waals surface area contributed by atoms with E-state index in [0.717, 1.165) is 18.2 Å². The smallest absolute Gasteiger partial charge is 0.416 e. The van der Waals surface area contributed by atoms with Crippen LogP contribution >= 0.6 is 0 Å². The van der Waals surface area contributed by atoms with Gasteiger partial charge in [-0.25, -0.2) is 13.1 Å². The molecule has 3 rings (SSSR count). The van der Waals surface area contributed by atoms with E-state index < -0.39 is 32.7 Å². The number of hydrogen-bond acceptors (Lipinski definition) is 4. The number of benzene rings is 2. The quantitative estimate of drug-likeness (QED) is 0.701. The van der Waals surface area contributed by atoms with Crippen molar-refractivity contribution in [3.63, 3.8) is 0 Å². The van der Waals surface area contributed by atoms with Gasteiger partial charge in [0.2, 0.25) is 10.0 Å². The predicted octanol–water partition coefficient (Wildman–Crippen LogP) is 4.12. The van der Waals surface area contributed by atoms with Gasteiger partial charge in [0.05, 0.1) is 10.5 Å². The Labute approximate surface area is 160 Å². The van der Waals surface area contributed by atoms with Crippen molar-refractivity contribution in [1.29, 1.82) is 0 Å². The zero-order chi connectivity index (χ0) is 20.5. The fourth-order valence-corrected chi connectivity index (χ4v) is 4.88. The van der Waals surface area contributed by atoms with Gasteiger partial charge in [0.1, 0.15) is 11.5 Å². The van der Waals surface area contributed by atoms with Crippen molar-refractivity contribution in [1.82, 2.24) is 4.72 Å². The molecule has 5 nitrogen and oxygen atoms in total. The molecule has 1 aliphatic carbocycles. The highest BCUT2D eigenvalue weighted by atomic mass is 32.2. The van der Waals surface area contributed by atoms with Crippen LogP contribution in [0.3, 0.4) is 0 Å². The minimum absolute atomic E-state index is 0.00648. The van der Waals surface area contributed by atoms with Crippen molar-refractivity contribution in [2.45, 2.75) is 48.7 Å². The lowest BCUT2D eigenvalue weighted by atomic mass is 9.81. The number of sulfonamides is 1. The summed E-state index contributed by atoms with van der Waals surface area (Å²) in [7, 11) is -4.07. The zero-order valence-electron chi connectivity index (χ0n) is 14.8. The number of hydrogen-bond donors (Lipinski definition) is 3. The summed E-state index contributed by atoms with van der Waals surface area (Å²) in [4.78, 5) is -0.416. The Balaban J connectivity index is 1.67. The molecule has 1 saturated carbocycles. The first-order chi connectivity index (χ1) is 13.1. The average molecular weight is 415 g/mol. The van der Waals surface area contributed by atoms with Crippen LogP contribution in [0, 0.1) is 0 Å². The number of rotatable bonds is 4. The van der Waals surface area contributed by atoms with Crippen LogP contribution in [0.4, 0.5) is 13.2 Å². The van der Waals surface area contributed by atoms with Gasteiger partial charge in [-0.1, -0.05) is 12.1 Å². The molecule has 2 aromatic carbocycles. The topological polar surface area (TPSA) is 86.6 Å². The average Bonchev–Trinajstić information content (AvgIpc) is 2.62. The Hall–Kier alpha value is -2.26. The second-order valence-corrected chi connectivity index (χ2v) is 8.65. The van der Waals surface area contributed by atoms with E-state index in [0.29, 0.717) is 37.3 Å². The van der Waals surface area contributed by atoms with E-state index in [1.54, 1.807) is 6.07 Å². The van der Waals surface area contributed by atoms with E-state index >= 15 is 0 Å². The van der Waals surface area contributed by atoms with Gasteiger partial charge in [-0.2, -0.15) is 13.2 Å². The molecule has 0 aromatic heterocycles. The van der Waals surface area contributed by atoms with Crippen molar-refractivity contribution >= 4 is 10.0 Å². The van der Waals surface area contributed by atoms with E-state index in [-0.39, 0.29) is 17.4 Å². The highest BCUT2D eigenvalue weighted by Crippen LogP contribution is 2.38. The molecular formula is C19H20F3NO4S. The second kappa shape index (κ2) is 7.63. The highest BCUT2D eigenvalue weighted by molar-refractivity contribution is 7.89. The van der Waals surface area contributed by atoms with Crippen LogP contribution in [0.5, 0.6) is 11.5 Å². The normalized spacial score (nSPS) is 20.8. The van der Waals surface area contributed by atoms with Gasteiger partial charge in [0, 0.05) is 12.1 Å². The molecule has 0 spiro atoms. The molecule has 0 amide bonds. The number of phenols is 2. The standard InChI is InChI=1S/C19H20F3NO4S/c20-19(21,22)13-2-1-3-16(10-13)28(26,27)23-14-6-4-12(5-7-14)17-9-8-15(24)11-18(17)25/h1-3,8-12,14,23-25H,4-7H2/t12-,14+. The molecule has 28 heavy (non-hydrogen) atoms. The summed E-state index contributed by atoms with van der Waals surface area (Å²) in [6, 6.07) is 7.66. The van der Waals surface area contributed by atoms with Gasteiger partial charge in [-0.3, -0.25) is 0 Å². The third-order valence-electron chi connectivity index (χ3n) is 4.97. The third-order valence-corrected chi connectivity index (χ3v) is 6.49. The SMILES string of the molecule is O=S(=O)(N[C@H]1CC[C@@H](c2ccc(O)cc2O)CC1)c1cccc(C(F)(F)F)c1. The van der Waals surface area contributed by atoms with Crippen molar-refractivity contribution in [3.8, 4) is 11.5 Å². The van der Waals surface area contributed by atoms with E-state index in [9.17, 15) is 31.8 Å². The summed E-state index contributed by atoms with van der Waals surface area (Å²) in [6.07, 6.45) is -2.43. The third kappa shape index (κ3) is 4.59. The van der Waals surface area contributed by atoms with Crippen molar-refractivity contribution in [2.75, 3.05) is 0 Å². The summed E-state index contributed by atoms with van der Waals surface area (Å²) in [6.45, 7) is 0. The highest BCUT2D eigenvalue weighted by Gasteiger charge is 2.32. The van der Waals surface area contributed by atoms with E-state index in [4.69, 9.17) is 0 Å². The summed E-state index contributed by atoms with van der Waals surface area (Å²) in [5.41, 5.74) is -0.320. The predicted molar refractivity (Wildman–Crippen MR) is 96.5 cm³/mol. The first kappa shape index (κ1) is 20.5. The lowest BCUT2D eigenvalue weighted by Crippen LogP contribution is -2.37. The fraction of sp³-hybridized carbons (Fsp3) is 0.368. The van der Waals surface area contributed by atoms with Crippen molar-refractivity contribution in [3.05, 3.63) is 53.6 Å². The van der Waals surface area contributed by atoms with Crippen molar-refractivity contribution < 1.29 is 31.8 Å². The molecule has 0 atom stereocenters. The maximum Gasteiger partial charge on any atom is 0.416 e. The number of halogens is 3. The molecule has 9 heteroatoms. The van der Waals surface area contributed by atoms with Crippen LogP contribution < -0.4 is 4.72 Å². The molecular weight excluding hydrogens is 395 g/mol. The lowest BCUT2D eigenvalue weighted by Gasteiger charge is -2.29. The van der Waals surface area contributed by atoms with Crippen LogP contribution in [0.2, 0.25) is 0 Å². The monoisotopic (exact) mass is 415 g/mol. The van der Waals surface area contributed by atoms with Gasteiger partial charge in [0.25, 0.3) is 0 Å². The van der Waals surface area contributed by atoms with Crippen LogP contribution in [0.1, 0.15) is 42.7 Å². The zero-order valence-corrected chi connectivity index (χ0v) is 15.6. The van der Waals surface area contributed by atoms with Gasteiger partial charge in [0.15, 0.2) is 0 Å². The van der Waals surface area contributed by atoms with Crippen LogP contribution in [-0.4, -0.2) is 24.7 Å². The molecule has 0 unspecified atom stereocenters. The molecule has 0 saturated heterocycles. The minimum Gasteiger partial charge on any atom is -0.508 e. The second-order valence-electron chi connectivity index (χ2n) is 6.94. The van der Waals surface area contributed by atoms with E-state index in [2.05, 4.69) is 4.72 Å². The molecule has 0 aliphatic heterocycles. The van der Waals surface area contributed by atoms with Crippen LogP contribution in [-0.2, 0) is 16.2 Å². The van der Waals surface area contributed by atoms with E-state index in [1.165, 1.54) is 12.1 Å². The molecule has 1 aliphatic rings. The Morgan fingerprint density at radius 3 is 2.25 bits per heavy atom. The Morgan fingerprint density at radius 2 is 1.64 bits per heavy atom. The van der Waals surface area contributed by atoms with E-state index in [1.807, 2.05) is 0 Å². The first-order valence-electron chi connectivity index (χ1n) is 8.78. The van der Waals surface area contributed by atoms with Crippen LogP contribution in [0.15, 0.2) is 47.4 Å². The Bertz CT molecular complexity index is 952. The van der Waals surface area contributed by atoms with Gasteiger partial charge < -0.3 is 10.2 Å². The number of alkyl halides is 3. The minimum atomic E-state index is -4.62. The Morgan fingerprint density at radius 1 is 0.964 bits per heavy atom. The van der Waals surface area contributed by atoms with Gasteiger partial charge >= 0.3 is 6.18 Å². The molecule has 0 heterocycles. The molecule has 0 bridgehead atoms. The molecule has 3 N–H and O–H groups in total. The summed E-state index contributed by atoms with van der Waals surface area (Å²) >= 11 is 0. The van der Waals surface area contributed by atoms with Crippen LogP contribution in [0.25, 0.3) is 0 Å². The number of aromatic hydroxyl groups is 2. The van der Waals surface area contributed by atoms with Gasteiger partial charge in [-0.05, 0) is 61.4 Å². The van der Waals surface area contributed by atoms with Gasteiger partial charge in [-0.15, -0.1) is 0 Å². The summed E-state index contributed by atoms with van der Waals surface area (Å²) < 4.78 is 65.9. The first-order valence-corrected chi connectivity index (χ1v) is 10.3. The Kier molecular flexibility index (Phi) is 5.58. The molecule has 152 valence electrons. The number of phenolic OH excluding ortho intramolecular Hbond substituents is 2. The summed E-state index contributed by atoms with van der Waals surface area (Å²) in [5, 5.41) is 19.3.